The molecule has 94 valence electrons. The zero-order chi connectivity index (χ0) is 12.7. The Balaban J connectivity index is 2.12. The van der Waals surface area contributed by atoms with Gasteiger partial charge in [0.05, 0.1) is 6.61 Å². The minimum atomic E-state index is -0.470. The van der Waals surface area contributed by atoms with E-state index >= 15 is 0 Å². The Morgan fingerprint density at radius 2 is 2.39 bits per heavy atom. The van der Waals surface area contributed by atoms with Gasteiger partial charge in [-0.25, -0.2) is 14.3 Å². The molecule has 0 saturated heterocycles. The van der Waals surface area contributed by atoms with Crippen molar-refractivity contribution in [2.24, 2.45) is 0 Å². The van der Waals surface area contributed by atoms with E-state index in [1.165, 1.54) is 10.7 Å². The third-order valence-electron chi connectivity index (χ3n) is 3.08. The molecule has 0 bridgehead atoms. The van der Waals surface area contributed by atoms with Gasteiger partial charge in [0.1, 0.15) is 5.56 Å². The molecule has 0 amide bonds. The van der Waals surface area contributed by atoms with Crippen molar-refractivity contribution in [1.82, 2.24) is 14.6 Å². The molecule has 1 N–H and O–H groups in total. The summed E-state index contributed by atoms with van der Waals surface area (Å²) in [5.41, 5.74) is 1.20. The maximum absolute atomic E-state index is 12.1. The van der Waals surface area contributed by atoms with Gasteiger partial charge in [0.2, 0.25) is 0 Å². The first-order valence-electron chi connectivity index (χ1n) is 5.98. The molecule has 2 heterocycles. The summed E-state index contributed by atoms with van der Waals surface area (Å²) in [7, 11) is 0. The summed E-state index contributed by atoms with van der Waals surface area (Å²) in [6.07, 6.45) is 5.10. The number of hydrogen-bond acceptors (Lipinski definition) is 4. The minimum Gasteiger partial charge on any atom is -0.462 e. The number of carbonyl (C=O) groups is 1. The molecular weight excluding hydrogens is 234 g/mol. The van der Waals surface area contributed by atoms with Crippen LogP contribution in [0.2, 0.25) is 0 Å². The molecular formula is C12H13N3O3. The van der Waals surface area contributed by atoms with Gasteiger partial charge in [-0.15, -0.1) is 0 Å². The van der Waals surface area contributed by atoms with Gasteiger partial charge in [-0.05, 0) is 25.7 Å². The van der Waals surface area contributed by atoms with Crippen molar-refractivity contribution in [3.8, 4) is 0 Å². The Labute approximate surface area is 103 Å². The SMILES string of the molecule is CCOC(=O)c1c[nH]n2c(=O)c(C3CC3)cnc12. The second kappa shape index (κ2) is 3.97. The lowest BCUT2D eigenvalue weighted by Crippen LogP contribution is -2.19. The van der Waals surface area contributed by atoms with Crippen molar-refractivity contribution in [1.29, 1.82) is 0 Å². The number of ether oxygens (including phenoxy) is 1. The van der Waals surface area contributed by atoms with Crippen molar-refractivity contribution < 1.29 is 9.53 Å². The number of rotatable bonds is 3. The molecule has 0 radical (unpaired) electrons. The van der Waals surface area contributed by atoms with Crippen molar-refractivity contribution in [3.63, 3.8) is 0 Å². The quantitative estimate of drug-likeness (QED) is 0.823. The molecule has 0 aliphatic heterocycles. The van der Waals surface area contributed by atoms with Gasteiger partial charge in [-0.2, -0.15) is 0 Å². The Morgan fingerprint density at radius 1 is 1.61 bits per heavy atom. The third kappa shape index (κ3) is 1.61. The zero-order valence-corrected chi connectivity index (χ0v) is 9.97. The minimum absolute atomic E-state index is 0.127. The monoisotopic (exact) mass is 247 g/mol. The smallest absolute Gasteiger partial charge is 0.343 e. The van der Waals surface area contributed by atoms with E-state index in [4.69, 9.17) is 4.74 Å². The van der Waals surface area contributed by atoms with E-state index in [-0.39, 0.29) is 11.1 Å². The maximum atomic E-state index is 12.1. The van der Waals surface area contributed by atoms with Crippen LogP contribution in [0, 0.1) is 0 Å². The van der Waals surface area contributed by atoms with E-state index in [0.717, 1.165) is 12.8 Å². The Hall–Kier alpha value is -2.11. The van der Waals surface area contributed by atoms with Crippen LogP contribution in [0.1, 0.15) is 41.6 Å². The lowest BCUT2D eigenvalue weighted by molar-refractivity contribution is 0.0528. The predicted molar refractivity (Wildman–Crippen MR) is 63.7 cm³/mol. The first kappa shape index (κ1) is 11.0. The number of carbonyl (C=O) groups excluding carboxylic acids is 1. The normalized spacial score (nSPS) is 14.9. The van der Waals surface area contributed by atoms with Gasteiger partial charge in [0.25, 0.3) is 5.56 Å². The summed E-state index contributed by atoms with van der Waals surface area (Å²) in [5.74, 6) is -0.140. The fourth-order valence-corrected chi connectivity index (χ4v) is 2.01. The molecule has 3 rings (SSSR count). The van der Waals surface area contributed by atoms with Crippen molar-refractivity contribution in [2.45, 2.75) is 25.7 Å². The lowest BCUT2D eigenvalue weighted by atomic mass is 10.2. The number of esters is 1. The highest BCUT2D eigenvalue weighted by Gasteiger charge is 2.28. The fraction of sp³-hybridized carbons (Fsp3) is 0.417. The predicted octanol–water partition coefficient (Wildman–Crippen LogP) is 1.08. The number of aromatic amines is 1. The first-order valence-corrected chi connectivity index (χ1v) is 5.98. The summed E-state index contributed by atoms with van der Waals surface area (Å²) in [4.78, 5) is 28.0. The molecule has 1 saturated carbocycles. The summed E-state index contributed by atoms with van der Waals surface area (Å²) >= 11 is 0. The highest BCUT2D eigenvalue weighted by Crippen LogP contribution is 2.37. The van der Waals surface area contributed by atoms with E-state index in [1.807, 2.05) is 0 Å². The van der Waals surface area contributed by atoms with Crippen LogP contribution in [0.5, 0.6) is 0 Å². The zero-order valence-electron chi connectivity index (χ0n) is 9.97. The van der Waals surface area contributed by atoms with Crippen LogP contribution in [-0.4, -0.2) is 27.2 Å². The van der Waals surface area contributed by atoms with Crippen molar-refractivity contribution in [2.75, 3.05) is 6.61 Å². The van der Waals surface area contributed by atoms with E-state index < -0.39 is 5.97 Å². The summed E-state index contributed by atoms with van der Waals surface area (Å²) in [6.45, 7) is 2.03. The molecule has 1 aliphatic rings. The second-order valence-corrected chi connectivity index (χ2v) is 4.36. The van der Waals surface area contributed by atoms with Crippen LogP contribution in [0.25, 0.3) is 5.65 Å². The van der Waals surface area contributed by atoms with Crippen LogP contribution in [0.4, 0.5) is 0 Å². The van der Waals surface area contributed by atoms with E-state index in [9.17, 15) is 9.59 Å². The summed E-state index contributed by atoms with van der Waals surface area (Å²) < 4.78 is 6.22. The van der Waals surface area contributed by atoms with Gasteiger partial charge >= 0.3 is 5.97 Å². The fourth-order valence-electron chi connectivity index (χ4n) is 2.01. The van der Waals surface area contributed by atoms with Gasteiger partial charge in [0, 0.05) is 18.0 Å². The van der Waals surface area contributed by atoms with E-state index in [0.29, 0.717) is 23.7 Å². The lowest BCUT2D eigenvalue weighted by Gasteiger charge is -2.00. The van der Waals surface area contributed by atoms with Crippen LogP contribution < -0.4 is 5.56 Å². The Kier molecular flexibility index (Phi) is 2.43. The van der Waals surface area contributed by atoms with Gasteiger partial charge in [-0.3, -0.25) is 9.89 Å². The Morgan fingerprint density at radius 3 is 3.06 bits per heavy atom. The topological polar surface area (TPSA) is 76.5 Å². The second-order valence-electron chi connectivity index (χ2n) is 4.36. The summed E-state index contributed by atoms with van der Waals surface area (Å²) in [6, 6.07) is 0. The largest absolute Gasteiger partial charge is 0.462 e. The van der Waals surface area contributed by atoms with Crippen molar-refractivity contribution >= 4 is 11.6 Å². The highest BCUT2D eigenvalue weighted by molar-refractivity contribution is 5.95. The molecule has 6 heteroatoms. The molecule has 1 fully saturated rings. The molecule has 6 nitrogen and oxygen atoms in total. The molecule has 0 unspecified atom stereocenters. The van der Waals surface area contributed by atoms with E-state index in [2.05, 4.69) is 10.1 Å². The van der Waals surface area contributed by atoms with Crippen molar-refractivity contribution in [3.05, 3.63) is 33.9 Å². The number of nitrogens with one attached hydrogen (secondary N) is 1. The average Bonchev–Trinajstić information content (AvgIpc) is 3.08. The molecule has 0 aromatic carbocycles. The van der Waals surface area contributed by atoms with Crippen LogP contribution >= 0.6 is 0 Å². The van der Waals surface area contributed by atoms with Crippen LogP contribution in [-0.2, 0) is 4.74 Å². The summed E-state index contributed by atoms with van der Waals surface area (Å²) in [5, 5.41) is 2.76. The van der Waals surface area contributed by atoms with Crippen LogP contribution in [0.15, 0.2) is 17.2 Å². The number of H-pyrrole nitrogens is 1. The first-order chi connectivity index (χ1) is 8.72. The van der Waals surface area contributed by atoms with E-state index in [1.54, 1.807) is 13.1 Å². The Bertz CT molecular complexity index is 667. The molecule has 2 aromatic heterocycles. The molecule has 1 aliphatic carbocycles. The van der Waals surface area contributed by atoms with Gasteiger partial charge < -0.3 is 4.74 Å². The maximum Gasteiger partial charge on any atom is 0.343 e. The number of nitrogens with zero attached hydrogens (tertiary/aromatic N) is 2. The molecule has 2 aromatic rings. The highest BCUT2D eigenvalue weighted by atomic mass is 16.5. The standard InChI is InChI=1S/C12H13N3O3/c1-2-18-12(17)9-6-14-15-10(9)13-5-8(11(15)16)7-3-4-7/h5-7,14H,2-4H2,1H3. The average molecular weight is 247 g/mol. The molecule has 18 heavy (non-hydrogen) atoms. The van der Waals surface area contributed by atoms with Gasteiger partial charge in [0.15, 0.2) is 5.65 Å². The molecule has 0 atom stereocenters. The van der Waals surface area contributed by atoms with Gasteiger partial charge in [-0.1, -0.05) is 0 Å². The molecule has 0 spiro atoms. The third-order valence-corrected chi connectivity index (χ3v) is 3.08. The van der Waals surface area contributed by atoms with Crippen LogP contribution in [0.3, 0.4) is 0 Å². The number of hydrogen-bond donors (Lipinski definition) is 1. The number of aromatic nitrogens is 3. The number of fused-ring (bicyclic) bond motifs is 1.